The van der Waals surface area contributed by atoms with Gasteiger partial charge in [0.15, 0.2) is 0 Å². The average Bonchev–Trinajstić information content (AvgIpc) is 2.09. The van der Waals surface area contributed by atoms with E-state index in [0.29, 0.717) is 16.3 Å². The Kier molecular flexibility index (Phi) is 3.82. The van der Waals surface area contributed by atoms with Crippen molar-refractivity contribution in [3.63, 3.8) is 0 Å². The van der Waals surface area contributed by atoms with Crippen molar-refractivity contribution in [2.24, 2.45) is 0 Å². The molecule has 0 saturated heterocycles. The van der Waals surface area contributed by atoms with E-state index in [1.54, 1.807) is 18.2 Å². The lowest BCUT2D eigenvalue weighted by molar-refractivity contribution is 0.624. The Bertz CT molecular complexity index is 334. The van der Waals surface area contributed by atoms with Crippen LogP contribution in [0.15, 0.2) is 18.2 Å². The summed E-state index contributed by atoms with van der Waals surface area (Å²) in [6, 6.07) is 3.05. The van der Waals surface area contributed by atoms with Gasteiger partial charge in [-0.25, -0.2) is 4.39 Å². The number of aryl methyl sites for hydroxylation is 1. The van der Waals surface area contributed by atoms with E-state index in [-0.39, 0.29) is 5.82 Å². The number of thiol groups is 1. The average molecular weight is 217 g/mol. The minimum absolute atomic E-state index is 0.298. The van der Waals surface area contributed by atoms with Gasteiger partial charge in [0.25, 0.3) is 0 Å². The second-order valence-electron chi connectivity index (χ2n) is 2.71. The number of benzene rings is 1. The Balaban J connectivity index is 3.08. The highest BCUT2D eigenvalue weighted by atomic mass is 35.5. The lowest BCUT2D eigenvalue weighted by atomic mass is 10.1. The van der Waals surface area contributed by atoms with Gasteiger partial charge in [0.05, 0.1) is 0 Å². The van der Waals surface area contributed by atoms with E-state index in [2.05, 4.69) is 12.6 Å². The Hall–Kier alpha value is -0.470. The number of halogens is 2. The van der Waals surface area contributed by atoms with Gasteiger partial charge in [-0.2, -0.15) is 12.6 Å². The number of hydrogen-bond donors (Lipinski definition) is 1. The molecular weight excluding hydrogens is 207 g/mol. The fraction of sp³-hybridized carbons (Fsp3) is 0.200. The molecule has 1 aromatic carbocycles. The zero-order valence-electron chi connectivity index (χ0n) is 7.22. The minimum atomic E-state index is -0.298. The quantitative estimate of drug-likeness (QED) is 0.716. The molecule has 0 atom stereocenters. The molecule has 0 fully saturated rings. The maximum absolute atomic E-state index is 13.2. The van der Waals surface area contributed by atoms with Gasteiger partial charge in [-0.3, -0.25) is 0 Å². The molecule has 0 amide bonds. The first-order valence-corrected chi connectivity index (χ1v) is 4.89. The summed E-state index contributed by atoms with van der Waals surface area (Å²) >= 11 is 9.74. The normalized spacial score (nSPS) is 11.1. The van der Waals surface area contributed by atoms with Crippen LogP contribution >= 0.6 is 24.2 Å². The van der Waals surface area contributed by atoms with Crippen molar-refractivity contribution in [3.8, 4) is 0 Å². The highest BCUT2D eigenvalue weighted by molar-refractivity contribution is 7.80. The van der Waals surface area contributed by atoms with Crippen molar-refractivity contribution in [3.05, 3.63) is 40.2 Å². The van der Waals surface area contributed by atoms with Crippen molar-refractivity contribution in [2.75, 3.05) is 5.75 Å². The molecule has 0 radical (unpaired) electrons. The van der Waals surface area contributed by atoms with Crippen LogP contribution in [0, 0.1) is 12.7 Å². The SMILES string of the molecule is Cc1cc(C=CCS)c(F)cc1Cl. The summed E-state index contributed by atoms with van der Waals surface area (Å²) in [6.45, 7) is 1.85. The lowest BCUT2D eigenvalue weighted by Crippen LogP contribution is -1.85. The molecule has 0 aromatic heterocycles. The van der Waals surface area contributed by atoms with Gasteiger partial charge in [-0.1, -0.05) is 23.8 Å². The van der Waals surface area contributed by atoms with E-state index in [4.69, 9.17) is 11.6 Å². The summed E-state index contributed by atoms with van der Waals surface area (Å²) in [4.78, 5) is 0. The standard InChI is InChI=1S/C10H10ClFS/c1-7-5-8(3-2-4-13)10(12)6-9(7)11/h2-3,5-6,13H,4H2,1H3. The third kappa shape index (κ3) is 2.75. The summed E-state index contributed by atoms with van der Waals surface area (Å²) in [7, 11) is 0. The first-order valence-electron chi connectivity index (χ1n) is 3.88. The van der Waals surface area contributed by atoms with Crippen molar-refractivity contribution >= 4 is 30.3 Å². The van der Waals surface area contributed by atoms with Crippen LogP contribution in [0.5, 0.6) is 0 Å². The molecule has 3 heteroatoms. The predicted molar refractivity (Wildman–Crippen MR) is 59.0 cm³/mol. The van der Waals surface area contributed by atoms with E-state index in [1.165, 1.54) is 6.07 Å². The van der Waals surface area contributed by atoms with Crippen molar-refractivity contribution < 1.29 is 4.39 Å². The molecule has 0 nitrogen and oxygen atoms in total. The molecule has 0 saturated carbocycles. The molecule has 0 bridgehead atoms. The Morgan fingerprint density at radius 1 is 1.54 bits per heavy atom. The number of rotatable bonds is 2. The molecule has 70 valence electrons. The Morgan fingerprint density at radius 3 is 2.85 bits per heavy atom. The van der Waals surface area contributed by atoms with Gasteiger partial charge >= 0.3 is 0 Å². The molecule has 0 aliphatic heterocycles. The van der Waals surface area contributed by atoms with E-state index in [1.807, 2.05) is 6.92 Å². The molecule has 0 aliphatic carbocycles. The second-order valence-corrected chi connectivity index (χ2v) is 3.48. The van der Waals surface area contributed by atoms with Gasteiger partial charge < -0.3 is 0 Å². The molecule has 0 N–H and O–H groups in total. The van der Waals surface area contributed by atoms with E-state index < -0.39 is 0 Å². The number of hydrogen-bond acceptors (Lipinski definition) is 1. The topological polar surface area (TPSA) is 0 Å². The van der Waals surface area contributed by atoms with E-state index >= 15 is 0 Å². The van der Waals surface area contributed by atoms with Gasteiger partial charge in [0.1, 0.15) is 5.82 Å². The monoisotopic (exact) mass is 216 g/mol. The molecule has 0 aliphatic rings. The second kappa shape index (κ2) is 4.68. The van der Waals surface area contributed by atoms with Gasteiger partial charge in [0, 0.05) is 16.3 Å². The summed E-state index contributed by atoms with van der Waals surface area (Å²) < 4.78 is 13.2. The zero-order valence-corrected chi connectivity index (χ0v) is 8.87. The molecule has 0 unspecified atom stereocenters. The molecule has 1 rings (SSSR count). The molecular formula is C10H10ClFS. The first-order chi connectivity index (χ1) is 6.15. The van der Waals surface area contributed by atoms with Crippen molar-refractivity contribution in [1.29, 1.82) is 0 Å². The predicted octanol–water partition coefficient (Wildman–Crippen LogP) is 3.73. The molecule has 0 spiro atoms. The highest BCUT2D eigenvalue weighted by Gasteiger charge is 2.02. The van der Waals surface area contributed by atoms with Crippen molar-refractivity contribution in [1.82, 2.24) is 0 Å². The van der Waals surface area contributed by atoms with Crippen LogP contribution in [0.4, 0.5) is 4.39 Å². The maximum Gasteiger partial charge on any atom is 0.131 e. The summed E-state index contributed by atoms with van der Waals surface area (Å²) in [5, 5.41) is 0.459. The van der Waals surface area contributed by atoms with Crippen molar-refractivity contribution in [2.45, 2.75) is 6.92 Å². The highest BCUT2D eigenvalue weighted by Crippen LogP contribution is 2.20. The van der Waals surface area contributed by atoms with Gasteiger partial charge in [-0.05, 0) is 24.6 Å². The fourth-order valence-electron chi connectivity index (χ4n) is 0.987. The summed E-state index contributed by atoms with van der Waals surface area (Å²) in [5.41, 5.74) is 1.43. The summed E-state index contributed by atoms with van der Waals surface area (Å²) in [6.07, 6.45) is 3.49. The largest absolute Gasteiger partial charge is 0.206 e. The molecule has 1 aromatic rings. The molecule has 13 heavy (non-hydrogen) atoms. The Labute approximate surface area is 87.8 Å². The van der Waals surface area contributed by atoms with E-state index in [9.17, 15) is 4.39 Å². The molecule has 0 heterocycles. The summed E-state index contributed by atoms with van der Waals surface area (Å²) in [5.74, 6) is 0.301. The third-order valence-corrected chi connectivity index (χ3v) is 2.30. The minimum Gasteiger partial charge on any atom is -0.206 e. The van der Waals surface area contributed by atoms with E-state index in [0.717, 1.165) is 5.56 Å². The van der Waals surface area contributed by atoms with Gasteiger partial charge in [-0.15, -0.1) is 0 Å². The maximum atomic E-state index is 13.2. The van der Waals surface area contributed by atoms with Crippen LogP contribution in [0.2, 0.25) is 5.02 Å². The van der Waals surface area contributed by atoms with Crippen LogP contribution < -0.4 is 0 Å². The van der Waals surface area contributed by atoms with Crippen LogP contribution in [0.25, 0.3) is 6.08 Å². The lowest BCUT2D eigenvalue weighted by Gasteiger charge is -2.01. The fourth-order valence-corrected chi connectivity index (χ4v) is 1.24. The van der Waals surface area contributed by atoms with Crippen LogP contribution in [-0.2, 0) is 0 Å². The van der Waals surface area contributed by atoms with Crippen LogP contribution in [0.3, 0.4) is 0 Å². The van der Waals surface area contributed by atoms with Crippen LogP contribution in [-0.4, -0.2) is 5.75 Å². The smallest absolute Gasteiger partial charge is 0.131 e. The first kappa shape index (κ1) is 10.6. The van der Waals surface area contributed by atoms with Crippen LogP contribution in [0.1, 0.15) is 11.1 Å². The van der Waals surface area contributed by atoms with Gasteiger partial charge in [0.2, 0.25) is 0 Å². The Morgan fingerprint density at radius 2 is 2.23 bits per heavy atom. The third-order valence-electron chi connectivity index (χ3n) is 1.68. The zero-order chi connectivity index (χ0) is 9.84.